The molecule has 1 aliphatic rings. The Balaban J connectivity index is 2.34. The first-order valence-electron chi connectivity index (χ1n) is 6.01. The summed E-state index contributed by atoms with van der Waals surface area (Å²) in [4.78, 5) is 0. The summed E-state index contributed by atoms with van der Waals surface area (Å²) in [6, 6.07) is 3.73. The Labute approximate surface area is 100 Å². The molecular formula is C14H18F2O. The van der Waals surface area contributed by atoms with Crippen molar-refractivity contribution in [2.24, 2.45) is 5.41 Å². The second kappa shape index (κ2) is 4.05. The van der Waals surface area contributed by atoms with Gasteiger partial charge in [-0.2, -0.15) is 0 Å². The summed E-state index contributed by atoms with van der Waals surface area (Å²) < 4.78 is 27.3. The van der Waals surface area contributed by atoms with E-state index < -0.39 is 17.2 Å². The second-order valence-corrected chi connectivity index (χ2v) is 5.79. The molecule has 1 saturated carbocycles. The molecule has 0 amide bonds. The summed E-state index contributed by atoms with van der Waals surface area (Å²) in [6.45, 7) is 4.23. The Bertz CT molecular complexity index is 396. The van der Waals surface area contributed by atoms with Gasteiger partial charge in [0.15, 0.2) is 0 Å². The predicted molar refractivity (Wildman–Crippen MR) is 62.5 cm³/mol. The van der Waals surface area contributed by atoms with Crippen LogP contribution in [0, 0.1) is 17.0 Å². The molecule has 2 rings (SSSR count). The number of aliphatic hydroxyl groups is 1. The number of rotatable bonds is 1. The quantitative estimate of drug-likeness (QED) is 0.792. The van der Waals surface area contributed by atoms with Gasteiger partial charge in [-0.05, 0) is 43.2 Å². The van der Waals surface area contributed by atoms with E-state index in [0.29, 0.717) is 12.8 Å². The number of halogens is 2. The van der Waals surface area contributed by atoms with Crippen molar-refractivity contribution in [2.75, 3.05) is 0 Å². The van der Waals surface area contributed by atoms with Crippen LogP contribution in [0.15, 0.2) is 18.2 Å². The van der Waals surface area contributed by atoms with Crippen molar-refractivity contribution in [1.29, 1.82) is 0 Å². The second-order valence-electron chi connectivity index (χ2n) is 5.79. The normalized spacial score (nSPS) is 22.4. The van der Waals surface area contributed by atoms with Gasteiger partial charge in [0.25, 0.3) is 0 Å². The van der Waals surface area contributed by atoms with E-state index in [0.717, 1.165) is 12.8 Å². The fourth-order valence-corrected chi connectivity index (χ4v) is 2.53. The summed E-state index contributed by atoms with van der Waals surface area (Å²) in [5, 5.41) is 10.5. The Hall–Kier alpha value is -0.960. The minimum absolute atomic E-state index is 0.147. The average molecular weight is 240 g/mol. The van der Waals surface area contributed by atoms with Gasteiger partial charge in [-0.3, -0.25) is 0 Å². The van der Waals surface area contributed by atoms with Crippen LogP contribution in [0.3, 0.4) is 0 Å². The van der Waals surface area contributed by atoms with Gasteiger partial charge in [0.05, 0.1) is 11.2 Å². The van der Waals surface area contributed by atoms with Crippen LogP contribution in [0.2, 0.25) is 0 Å². The largest absolute Gasteiger partial charge is 0.385 e. The molecule has 0 saturated heterocycles. The molecule has 0 aromatic heterocycles. The van der Waals surface area contributed by atoms with Gasteiger partial charge in [-0.1, -0.05) is 19.9 Å². The standard InChI is InChI=1S/C14H18F2O/c1-13(2)6-8-14(17,9-7-13)12-10(15)4-3-5-11(12)16/h3-5,17H,6-9H2,1-2H3. The van der Waals surface area contributed by atoms with Crippen LogP contribution < -0.4 is 0 Å². The molecule has 1 N–H and O–H groups in total. The van der Waals surface area contributed by atoms with Crippen LogP contribution in [-0.4, -0.2) is 5.11 Å². The molecule has 94 valence electrons. The van der Waals surface area contributed by atoms with Gasteiger partial charge in [-0.25, -0.2) is 8.78 Å². The molecule has 0 bridgehead atoms. The highest BCUT2D eigenvalue weighted by Gasteiger charge is 2.41. The summed E-state index contributed by atoms with van der Waals surface area (Å²) in [5.74, 6) is -1.29. The van der Waals surface area contributed by atoms with E-state index in [1.807, 2.05) is 0 Å². The smallest absolute Gasteiger partial charge is 0.132 e. The maximum Gasteiger partial charge on any atom is 0.132 e. The summed E-state index contributed by atoms with van der Waals surface area (Å²) in [6.07, 6.45) is 2.38. The Kier molecular flexibility index (Phi) is 2.98. The first kappa shape index (κ1) is 12.5. The molecule has 1 fully saturated rings. The number of benzene rings is 1. The van der Waals surface area contributed by atoms with Crippen molar-refractivity contribution in [3.63, 3.8) is 0 Å². The van der Waals surface area contributed by atoms with Crippen molar-refractivity contribution in [1.82, 2.24) is 0 Å². The topological polar surface area (TPSA) is 20.2 Å². The summed E-state index contributed by atoms with van der Waals surface area (Å²) >= 11 is 0. The molecule has 0 spiro atoms. The van der Waals surface area contributed by atoms with Crippen LogP contribution in [0.4, 0.5) is 8.78 Å². The van der Waals surface area contributed by atoms with E-state index in [4.69, 9.17) is 0 Å². The number of hydrogen-bond acceptors (Lipinski definition) is 1. The van der Waals surface area contributed by atoms with Crippen LogP contribution in [-0.2, 0) is 5.60 Å². The molecule has 0 aliphatic heterocycles. The molecule has 1 aromatic carbocycles. The third-order valence-electron chi connectivity index (χ3n) is 3.86. The van der Waals surface area contributed by atoms with Gasteiger partial charge >= 0.3 is 0 Å². The lowest BCUT2D eigenvalue weighted by molar-refractivity contribution is -0.0358. The van der Waals surface area contributed by atoms with Gasteiger partial charge < -0.3 is 5.11 Å². The van der Waals surface area contributed by atoms with E-state index in [1.165, 1.54) is 18.2 Å². The first-order chi connectivity index (χ1) is 7.84. The third kappa shape index (κ3) is 2.34. The maximum atomic E-state index is 13.7. The Morgan fingerprint density at radius 3 is 1.94 bits per heavy atom. The molecular weight excluding hydrogens is 222 g/mol. The zero-order valence-corrected chi connectivity index (χ0v) is 10.3. The van der Waals surface area contributed by atoms with Gasteiger partial charge in [0.1, 0.15) is 11.6 Å². The highest BCUT2D eigenvalue weighted by atomic mass is 19.1. The van der Waals surface area contributed by atoms with Crippen molar-refractivity contribution in [2.45, 2.75) is 45.1 Å². The molecule has 3 heteroatoms. The van der Waals surface area contributed by atoms with Crippen molar-refractivity contribution in [3.8, 4) is 0 Å². The van der Waals surface area contributed by atoms with Crippen molar-refractivity contribution >= 4 is 0 Å². The molecule has 0 unspecified atom stereocenters. The Morgan fingerprint density at radius 2 is 1.47 bits per heavy atom. The maximum absolute atomic E-state index is 13.7. The van der Waals surface area contributed by atoms with E-state index in [1.54, 1.807) is 0 Å². The van der Waals surface area contributed by atoms with Crippen molar-refractivity contribution < 1.29 is 13.9 Å². The molecule has 17 heavy (non-hydrogen) atoms. The molecule has 0 radical (unpaired) electrons. The Morgan fingerprint density at radius 1 is 1.00 bits per heavy atom. The lowest BCUT2D eigenvalue weighted by Crippen LogP contribution is -2.36. The van der Waals surface area contributed by atoms with Gasteiger partial charge in [0, 0.05) is 0 Å². The summed E-state index contributed by atoms with van der Waals surface area (Å²) in [7, 11) is 0. The fourth-order valence-electron chi connectivity index (χ4n) is 2.53. The average Bonchev–Trinajstić information content (AvgIpc) is 2.23. The van der Waals surface area contributed by atoms with E-state index in [-0.39, 0.29) is 11.0 Å². The zero-order valence-electron chi connectivity index (χ0n) is 10.3. The SMILES string of the molecule is CC1(C)CCC(O)(c2c(F)cccc2F)CC1. The van der Waals surface area contributed by atoms with Gasteiger partial charge in [0.2, 0.25) is 0 Å². The predicted octanol–water partition coefficient (Wildman–Crippen LogP) is 3.75. The van der Waals surface area contributed by atoms with E-state index in [9.17, 15) is 13.9 Å². The van der Waals surface area contributed by atoms with E-state index >= 15 is 0 Å². The lowest BCUT2D eigenvalue weighted by atomic mass is 9.68. The number of hydrogen-bond donors (Lipinski definition) is 1. The van der Waals surface area contributed by atoms with Crippen LogP contribution in [0.5, 0.6) is 0 Å². The molecule has 1 nitrogen and oxygen atoms in total. The lowest BCUT2D eigenvalue weighted by Gasteiger charge is -2.40. The summed E-state index contributed by atoms with van der Waals surface area (Å²) in [5.41, 5.74) is -1.35. The highest BCUT2D eigenvalue weighted by Crippen LogP contribution is 2.46. The molecule has 1 aliphatic carbocycles. The first-order valence-corrected chi connectivity index (χ1v) is 6.01. The zero-order chi connectivity index (χ0) is 12.7. The minimum Gasteiger partial charge on any atom is -0.385 e. The van der Waals surface area contributed by atoms with Gasteiger partial charge in [-0.15, -0.1) is 0 Å². The van der Waals surface area contributed by atoms with E-state index in [2.05, 4.69) is 13.8 Å². The highest BCUT2D eigenvalue weighted by molar-refractivity contribution is 5.27. The van der Waals surface area contributed by atoms with Crippen LogP contribution >= 0.6 is 0 Å². The van der Waals surface area contributed by atoms with Crippen LogP contribution in [0.25, 0.3) is 0 Å². The third-order valence-corrected chi connectivity index (χ3v) is 3.86. The fraction of sp³-hybridized carbons (Fsp3) is 0.571. The molecule has 0 atom stereocenters. The minimum atomic E-state index is -1.34. The molecule has 0 heterocycles. The molecule has 1 aromatic rings. The monoisotopic (exact) mass is 240 g/mol. The van der Waals surface area contributed by atoms with Crippen LogP contribution in [0.1, 0.15) is 45.1 Å². The van der Waals surface area contributed by atoms with Crippen molar-refractivity contribution in [3.05, 3.63) is 35.4 Å².